The fourth-order valence-electron chi connectivity index (χ4n) is 3.66. The smallest absolute Gasteiger partial charge is 0.0144 e. The van der Waals surface area contributed by atoms with Crippen molar-refractivity contribution in [1.82, 2.24) is 0 Å². The topological polar surface area (TPSA) is 0 Å². The van der Waals surface area contributed by atoms with Crippen molar-refractivity contribution < 1.29 is 0 Å². The molecule has 0 bridgehead atoms. The molecule has 1 heteroatoms. The van der Waals surface area contributed by atoms with Crippen LogP contribution < -0.4 is 0 Å². The molecule has 0 nitrogen and oxygen atoms in total. The molecule has 1 atom stereocenters. The molecule has 0 rings (SSSR count). The summed E-state index contributed by atoms with van der Waals surface area (Å²) in [5, 5.41) is 1.08. The van der Waals surface area contributed by atoms with E-state index in [0.717, 1.165) is 5.66 Å². The average molecular weight is 258 g/mol. The maximum absolute atomic E-state index is 2.52. The summed E-state index contributed by atoms with van der Waals surface area (Å²) in [6.45, 7) is 19.6. The van der Waals surface area contributed by atoms with E-state index in [0.29, 0.717) is 10.3 Å². The minimum Gasteiger partial charge on any atom is -0.0922 e. The van der Waals surface area contributed by atoms with Crippen LogP contribution in [0.4, 0.5) is 0 Å². The zero-order valence-electron chi connectivity index (χ0n) is 13.6. The molecule has 0 aliphatic heterocycles. The lowest BCUT2D eigenvalue weighted by Gasteiger charge is -2.49. The zero-order chi connectivity index (χ0) is 13.7. The Morgan fingerprint density at radius 2 is 1.18 bits per heavy atom. The van der Waals surface area contributed by atoms with Gasteiger partial charge in [-0.15, -0.1) is 0 Å². The van der Waals surface area contributed by atoms with Gasteiger partial charge in [-0.1, -0.05) is 76.2 Å². The molecule has 0 aromatic carbocycles. The molecule has 0 saturated heterocycles. The summed E-state index contributed by atoms with van der Waals surface area (Å²) in [6.07, 6.45) is 6.76. The largest absolute Gasteiger partial charge is 0.0922 e. The van der Waals surface area contributed by atoms with Crippen LogP contribution in [0.1, 0.15) is 87.5 Å². The molecule has 0 amide bonds. The quantitative estimate of drug-likeness (QED) is 0.440. The second-order valence-corrected chi connectivity index (χ2v) is 10.8. The van der Waals surface area contributed by atoms with E-state index in [1.807, 2.05) is 0 Å². The van der Waals surface area contributed by atoms with Crippen LogP contribution in [0.3, 0.4) is 0 Å². The van der Waals surface area contributed by atoms with Crippen molar-refractivity contribution in [2.75, 3.05) is 0 Å². The fraction of sp³-hybridized carbons (Fsp3) is 1.00. The normalized spacial score (nSPS) is 15.4. The third-order valence-corrected chi connectivity index (χ3v) is 8.36. The van der Waals surface area contributed by atoms with Crippen molar-refractivity contribution in [2.45, 2.75) is 103 Å². The van der Waals surface area contributed by atoms with Crippen LogP contribution in [0, 0.1) is 0 Å². The highest BCUT2D eigenvalue weighted by molar-refractivity contribution is 7.61. The molecule has 0 radical (unpaired) electrons. The average Bonchev–Trinajstić information content (AvgIpc) is 2.16. The third kappa shape index (κ3) is 4.90. The highest BCUT2D eigenvalue weighted by Crippen LogP contribution is 2.66. The Morgan fingerprint density at radius 3 is 1.41 bits per heavy atom. The first-order chi connectivity index (χ1) is 7.72. The van der Waals surface area contributed by atoms with E-state index in [1.165, 1.54) is 32.1 Å². The van der Waals surface area contributed by atoms with Gasteiger partial charge in [0.25, 0.3) is 0 Å². The Morgan fingerprint density at radius 1 is 0.824 bits per heavy atom. The van der Waals surface area contributed by atoms with Gasteiger partial charge in [-0.2, -0.15) is 0 Å². The van der Waals surface area contributed by atoms with Crippen LogP contribution in [0.25, 0.3) is 0 Å². The van der Waals surface area contributed by atoms with Gasteiger partial charge in [0.1, 0.15) is 0 Å². The standard InChI is InChI=1S/C16H35P/c1-9-12-15(5,6)17(14(4)11-3)16(7,8)13-10-2/h14H,9-13H2,1-8H3. The van der Waals surface area contributed by atoms with Crippen molar-refractivity contribution in [1.29, 1.82) is 0 Å². The molecule has 0 aliphatic rings. The molecule has 0 fully saturated rings. The molecule has 0 N–H and O–H groups in total. The molecule has 0 saturated carbocycles. The first-order valence-corrected chi connectivity index (χ1v) is 8.93. The van der Waals surface area contributed by atoms with Gasteiger partial charge >= 0.3 is 0 Å². The van der Waals surface area contributed by atoms with Crippen molar-refractivity contribution in [3.63, 3.8) is 0 Å². The lowest BCUT2D eigenvalue weighted by atomic mass is 10.1. The van der Waals surface area contributed by atoms with Crippen molar-refractivity contribution in [3.05, 3.63) is 0 Å². The maximum atomic E-state index is 2.52. The first kappa shape index (κ1) is 17.4. The van der Waals surface area contributed by atoms with E-state index in [4.69, 9.17) is 0 Å². The van der Waals surface area contributed by atoms with Crippen LogP contribution in [0.5, 0.6) is 0 Å². The van der Waals surface area contributed by atoms with Crippen LogP contribution in [0.2, 0.25) is 0 Å². The summed E-state index contributed by atoms with van der Waals surface area (Å²) in [7, 11) is 0.0797. The highest BCUT2D eigenvalue weighted by atomic mass is 31.1. The Kier molecular flexibility index (Phi) is 7.31. The van der Waals surface area contributed by atoms with Gasteiger partial charge < -0.3 is 0 Å². The first-order valence-electron chi connectivity index (χ1n) is 7.52. The molecule has 0 aliphatic carbocycles. The second kappa shape index (κ2) is 7.13. The van der Waals surface area contributed by atoms with Crippen molar-refractivity contribution in [3.8, 4) is 0 Å². The van der Waals surface area contributed by atoms with Gasteiger partial charge in [0.15, 0.2) is 0 Å². The summed E-state index contributed by atoms with van der Waals surface area (Å²) < 4.78 is 0. The molecule has 17 heavy (non-hydrogen) atoms. The van der Waals surface area contributed by atoms with Gasteiger partial charge in [-0.05, 0) is 35.2 Å². The van der Waals surface area contributed by atoms with Crippen molar-refractivity contribution >= 4 is 7.92 Å². The van der Waals surface area contributed by atoms with Crippen LogP contribution >= 0.6 is 7.92 Å². The van der Waals surface area contributed by atoms with Gasteiger partial charge in [0.05, 0.1) is 0 Å². The van der Waals surface area contributed by atoms with E-state index >= 15 is 0 Å². The molecule has 104 valence electrons. The minimum atomic E-state index is 0.0797. The van der Waals surface area contributed by atoms with E-state index in [1.54, 1.807) is 0 Å². The van der Waals surface area contributed by atoms with Gasteiger partial charge in [-0.3, -0.25) is 0 Å². The Balaban J connectivity index is 5.12. The zero-order valence-corrected chi connectivity index (χ0v) is 14.5. The van der Waals surface area contributed by atoms with Crippen LogP contribution in [-0.2, 0) is 0 Å². The minimum absolute atomic E-state index is 0.0797. The third-order valence-electron chi connectivity index (χ3n) is 4.06. The molecule has 0 aromatic heterocycles. The van der Waals surface area contributed by atoms with E-state index < -0.39 is 0 Å². The van der Waals surface area contributed by atoms with E-state index in [-0.39, 0.29) is 7.92 Å². The predicted molar refractivity (Wildman–Crippen MR) is 84.6 cm³/mol. The highest BCUT2D eigenvalue weighted by Gasteiger charge is 2.41. The van der Waals surface area contributed by atoms with Crippen molar-refractivity contribution in [2.24, 2.45) is 0 Å². The number of rotatable bonds is 8. The Bertz CT molecular complexity index is 188. The van der Waals surface area contributed by atoms with Gasteiger partial charge in [0.2, 0.25) is 0 Å². The summed E-state index contributed by atoms with van der Waals surface area (Å²) in [5.41, 5.74) is 0.896. The number of hydrogen-bond acceptors (Lipinski definition) is 0. The Labute approximate surface area is 112 Å². The molecule has 1 unspecified atom stereocenters. The molecular weight excluding hydrogens is 223 g/mol. The summed E-state index contributed by atoms with van der Waals surface area (Å²) in [6, 6.07) is 0. The summed E-state index contributed by atoms with van der Waals surface area (Å²) in [4.78, 5) is 0. The SMILES string of the molecule is CCCC(C)(C)P(C(C)CC)C(C)(C)CCC. The van der Waals surface area contributed by atoms with Gasteiger partial charge in [0, 0.05) is 0 Å². The molecule has 0 spiro atoms. The monoisotopic (exact) mass is 258 g/mol. The summed E-state index contributed by atoms with van der Waals surface area (Å²) >= 11 is 0. The molecule has 0 aromatic rings. The second-order valence-electron chi connectivity index (χ2n) is 6.75. The van der Waals surface area contributed by atoms with Crippen LogP contribution in [-0.4, -0.2) is 16.0 Å². The fourth-order valence-corrected chi connectivity index (χ4v) is 8.98. The molecular formula is C16H35P. The number of hydrogen-bond donors (Lipinski definition) is 0. The molecule has 0 heterocycles. The van der Waals surface area contributed by atoms with Crippen LogP contribution in [0.15, 0.2) is 0 Å². The Hall–Kier alpha value is 0.430. The van der Waals surface area contributed by atoms with E-state index in [9.17, 15) is 0 Å². The lowest BCUT2D eigenvalue weighted by molar-refractivity contribution is 0.547. The predicted octanol–water partition coefficient (Wildman–Crippen LogP) is 6.42. The maximum Gasteiger partial charge on any atom is -0.0144 e. The van der Waals surface area contributed by atoms with E-state index in [2.05, 4.69) is 55.4 Å². The summed E-state index contributed by atoms with van der Waals surface area (Å²) in [5.74, 6) is 0. The van der Waals surface area contributed by atoms with Gasteiger partial charge in [-0.25, -0.2) is 0 Å². The lowest BCUT2D eigenvalue weighted by Crippen LogP contribution is -2.34.